The number of hydrogen-bond acceptors (Lipinski definition) is 2. The Hall–Kier alpha value is -0.540. The third kappa shape index (κ3) is 4.81. The molecule has 0 bridgehead atoms. The van der Waals surface area contributed by atoms with Gasteiger partial charge in [-0.1, -0.05) is 28.8 Å². The van der Waals surface area contributed by atoms with Crippen LogP contribution in [0.4, 0.5) is 0 Å². The molecule has 1 saturated carbocycles. The van der Waals surface area contributed by atoms with Gasteiger partial charge in [0.15, 0.2) is 0 Å². The maximum atomic E-state index is 6.25. The molecular weight excluding hydrogens is 302 g/mol. The lowest BCUT2D eigenvalue weighted by atomic mass is 10.1. The minimum absolute atomic E-state index is 0.158. The fourth-order valence-electron chi connectivity index (χ4n) is 2.71. The van der Waals surface area contributed by atoms with Gasteiger partial charge in [-0.2, -0.15) is 0 Å². The Morgan fingerprint density at radius 2 is 1.95 bits per heavy atom. The summed E-state index contributed by atoms with van der Waals surface area (Å²) >= 11 is 3.53. The second-order valence-corrected chi connectivity index (χ2v) is 6.58. The average molecular weight is 326 g/mol. The fourth-order valence-corrected chi connectivity index (χ4v) is 3.12. The smallest absolute Gasteiger partial charge is 0.123 e. The summed E-state index contributed by atoms with van der Waals surface area (Å²) in [5.41, 5.74) is 7.15. The molecule has 0 spiro atoms. The van der Waals surface area contributed by atoms with E-state index in [0.29, 0.717) is 6.10 Å². The molecule has 2 rings (SSSR count). The minimum Gasteiger partial charge on any atom is -0.490 e. The third-order valence-corrected chi connectivity index (χ3v) is 4.15. The molecule has 0 amide bonds. The van der Waals surface area contributed by atoms with Crippen molar-refractivity contribution in [3.8, 4) is 5.75 Å². The number of ether oxygens (including phenoxy) is 1. The van der Waals surface area contributed by atoms with Crippen LogP contribution in [0.2, 0.25) is 0 Å². The highest BCUT2D eigenvalue weighted by Crippen LogP contribution is 2.28. The van der Waals surface area contributed by atoms with E-state index >= 15 is 0 Å². The number of halogens is 1. The van der Waals surface area contributed by atoms with E-state index in [1.165, 1.54) is 44.1 Å². The lowest BCUT2D eigenvalue weighted by Gasteiger charge is -2.20. The van der Waals surface area contributed by atoms with Crippen molar-refractivity contribution in [2.45, 2.75) is 64.0 Å². The molecular formula is C16H24BrNO. The number of hydrogen-bond donors (Lipinski definition) is 1. The summed E-state index contributed by atoms with van der Waals surface area (Å²) < 4.78 is 7.34. The van der Waals surface area contributed by atoms with Gasteiger partial charge in [0.1, 0.15) is 5.75 Å². The first kappa shape index (κ1) is 14.9. The van der Waals surface area contributed by atoms with E-state index in [1.807, 2.05) is 6.92 Å². The molecule has 0 heterocycles. The monoisotopic (exact) mass is 325 g/mol. The van der Waals surface area contributed by atoms with Gasteiger partial charge in [-0.3, -0.25) is 0 Å². The second kappa shape index (κ2) is 7.30. The van der Waals surface area contributed by atoms with Gasteiger partial charge in [0.25, 0.3) is 0 Å². The maximum absolute atomic E-state index is 6.25. The van der Waals surface area contributed by atoms with E-state index in [9.17, 15) is 0 Å². The molecule has 0 radical (unpaired) electrons. The Bertz CT molecular complexity index is 398. The second-order valence-electron chi connectivity index (χ2n) is 5.66. The first-order chi connectivity index (χ1) is 9.15. The Kier molecular flexibility index (Phi) is 5.71. The van der Waals surface area contributed by atoms with Crippen LogP contribution in [0.3, 0.4) is 0 Å². The average Bonchev–Trinajstić information content (AvgIpc) is 2.60. The van der Waals surface area contributed by atoms with Gasteiger partial charge >= 0.3 is 0 Å². The molecule has 0 aliphatic heterocycles. The topological polar surface area (TPSA) is 35.2 Å². The highest BCUT2D eigenvalue weighted by Gasteiger charge is 2.16. The summed E-state index contributed by atoms with van der Waals surface area (Å²) in [7, 11) is 0. The molecule has 1 aromatic carbocycles. The molecule has 1 atom stereocenters. The highest BCUT2D eigenvalue weighted by atomic mass is 79.9. The highest BCUT2D eigenvalue weighted by molar-refractivity contribution is 9.10. The normalized spacial score (nSPS) is 18.9. The molecule has 1 fully saturated rings. The van der Waals surface area contributed by atoms with Crippen molar-refractivity contribution in [2.75, 3.05) is 0 Å². The molecule has 0 aromatic heterocycles. The van der Waals surface area contributed by atoms with E-state index in [2.05, 4.69) is 34.1 Å². The standard InChI is InChI=1S/C16H24BrNO/c1-12(18)10-13-11-14(17)8-9-16(13)19-15-6-4-2-3-5-7-15/h8-9,11-12,15H,2-7,10,18H2,1H3. The lowest BCUT2D eigenvalue weighted by Crippen LogP contribution is -2.20. The van der Waals surface area contributed by atoms with Crippen molar-refractivity contribution in [3.63, 3.8) is 0 Å². The van der Waals surface area contributed by atoms with E-state index in [0.717, 1.165) is 16.6 Å². The minimum atomic E-state index is 0.158. The molecule has 0 saturated heterocycles. The van der Waals surface area contributed by atoms with Gasteiger partial charge < -0.3 is 10.5 Å². The van der Waals surface area contributed by atoms with Gasteiger partial charge in [-0.05, 0) is 62.8 Å². The number of benzene rings is 1. The van der Waals surface area contributed by atoms with E-state index in [4.69, 9.17) is 10.5 Å². The van der Waals surface area contributed by atoms with Crippen molar-refractivity contribution in [1.29, 1.82) is 0 Å². The Balaban J connectivity index is 2.09. The van der Waals surface area contributed by atoms with Crippen LogP contribution in [0.15, 0.2) is 22.7 Å². The van der Waals surface area contributed by atoms with Crippen LogP contribution >= 0.6 is 15.9 Å². The van der Waals surface area contributed by atoms with Crippen LogP contribution < -0.4 is 10.5 Å². The third-order valence-electron chi connectivity index (χ3n) is 3.66. The van der Waals surface area contributed by atoms with Crippen molar-refractivity contribution < 1.29 is 4.74 Å². The van der Waals surface area contributed by atoms with Crippen LogP contribution in [0.5, 0.6) is 5.75 Å². The van der Waals surface area contributed by atoms with Crippen LogP contribution in [-0.2, 0) is 6.42 Å². The van der Waals surface area contributed by atoms with Crippen LogP contribution in [0.25, 0.3) is 0 Å². The maximum Gasteiger partial charge on any atom is 0.123 e. The van der Waals surface area contributed by atoms with Gasteiger partial charge in [0.05, 0.1) is 6.10 Å². The SMILES string of the molecule is CC(N)Cc1cc(Br)ccc1OC1CCCCCC1. The van der Waals surface area contributed by atoms with Crippen molar-refractivity contribution in [2.24, 2.45) is 5.73 Å². The Labute approximate surface area is 124 Å². The Morgan fingerprint density at radius 1 is 1.26 bits per heavy atom. The largest absolute Gasteiger partial charge is 0.490 e. The summed E-state index contributed by atoms with van der Waals surface area (Å²) in [4.78, 5) is 0. The molecule has 3 heteroatoms. The Morgan fingerprint density at radius 3 is 2.58 bits per heavy atom. The van der Waals surface area contributed by atoms with Crippen LogP contribution in [-0.4, -0.2) is 12.1 Å². The summed E-state index contributed by atoms with van der Waals surface area (Å²) in [6.07, 6.45) is 8.92. The van der Waals surface area contributed by atoms with E-state index in [-0.39, 0.29) is 6.04 Å². The van der Waals surface area contributed by atoms with Crippen molar-refractivity contribution in [1.82, 2.24) is 0 Å². The number of rotatable bonds is 4. The first-order valence-corrected chi connectivity index (χ1v) is 8.15. The summed E-state index contributed by atoms with van der Waals surface area (Å²) in [6, 6.07) is 6.42. The van der Waals surface area contributed by atoms with Crippen LogP contribution in [0.1, 0.15) is 51.0 Å². The predicted molar refractivity (Wildman–Crippen MR) is 83.6 cm³/mol. The quantitative estimate of drug-likeness (QED) is 0.830. The first-order valence-electron chi connectivity index (χ1n) is 7.36. The zero-order valence-electron chi connectivity index (χ0n) is 11.7. The molecule has 19 heavy (non-hydrogen) atoms. The molecule has 106 valence electrons. The molecule has 1 aromatic rings. The molecule has 2 nitrogen and oxygen atoms in total. The zero-order valence-corrected chi connectivity index (χ0v) is 13.3. The van der Waals surface area contributed by atoms with Crippen molar-refractivity contribution in [3.05, 3.63) is 28.2 Å². The van der Waals surface area contributed by atoms with E-state index < -0.39 is 0 Å². The molecule has 1 aliphatic carbocycles. The molecule has 1 unspecified atom stereocenters. The lowest BCUT2D eigenvalue weighted by molar-refractivity contribution is 0.182. The molecule has 2 N–H and O–H groups in total. The number of nitrogens with two attached hydrogens (primary N) is 1. The van der Waals surface area contributed by atoms with Gasteiger partial charge in [0.2, 0.25) is 0 Å². The summed E-state index contributed by atoms with van der Waals surface area (Å²) in [5, 5.41) is 0. The zero-order chi connectivity index (χ0) is 13.7. The van der Waals surface area contributed by atoms with E-state index in [1.54, 1.807) is 0 Å². The summed E-state index contributed by atoms with van der Waals surface area (Å²) in [5.74, 6) is 1.02. The summed E-state index contributed by atoms with van der Waals surface area (Å²) in [6.45, 7) is 2.04. The predicted octanol–water partition coefficient (Wildman–Crippen LogP) is 4.44. The van der Waals surface area contributed by atoms with Crippen molar-refractivity contribution >= 4 is 15.9 Å². The fraction of sp³-hybridized carbons (Fsp3) is 0.625. The molecule has 1 aliphatic rings. The van der Waals surface area contributed by atoms with Gasteiger partial charge in [-0.15, -0.1) is 0 Å². The van der Waals surface area contributed by atoms with Gasteiger partial charge in [-0.25, -0.2) is 0 Å². The van der Waals surface area contributed by atoms with Gasteiger partial charge in [0, 0.05) is 10.5 Å². The van der Waals surface area contributed by atoms with Crippen LogP contribution in [0, 0.1) is 0 Å².